The van der Waals surface area contributed by atoms with Crippen LogP contribution in [0.5, 0.6) is 5.75 Å². The van der Waals surface area contributed by atoms with Gasteiger partial charge in [-0.1, -0.05) is 0 Å². The summed E-state index contributed by atoms with van der Waals surface area (Å²) in [6, 6.07) is 11.9. The van der Waals surface area contributed by atoms with Crippen LogP contribution in [0.2, 0.25) is 0 Å². The first-order valence-electron chi connectivity index (χ1n) is 4.67. The van der Waals surface area contributed by atoms with Crippen LogP contribution in [0.3, 0.4) is 0 Å². The molecule has 0 aliphatic carbocycles. The Kier molecular flexibility index (Phi) is 3.57. The van der Waals surface area contributed by atoms with E-state index in [9.17, 15) is 4.79 Å². The van der Waals surface area contributed by atoms with Crippen molar-refractivity contribution in [1.29, 1.82) is 5.26 Å². The molecule has 0 radical (unpaired) electrons. The Balaban J connectivity index is 2.11. The molecule has 0 saturated heterocycles. The lowest BCUT2D eigenvalue weighted by Crippen LogP contribution is -2.06. The molecule has 2 rings (SSSR count). The second-order valence-electron chi connectivity index (χ2n) is 3.13. The lowest BCUT2D eigenvalue weighted by atomic mass is 10.2. The summed E-state index contributed by atoms with van der Waals surface area (Å²) in [7, 11) is 0. The van der Waals surface area contributed by atoms with E-state index in [0.717, 1.165) is 3.79 Å². The Morgan fingerprint density at radius 2 is 1.94 bits per heavy atom. The van der Waals surface area contributed by atoms with Gasteiger partial charge < -0.3 is 4.74 Å². The Morgan fingerprint density at radius 3 is 2.47 bits per heavy atom. The monoisotopic (exact) mass is 307 g/mol. The van der Waals surface area contributed by atoms with Crippen LogP contribution < -0.4 is 4.74 Å². The zero-order valence-electron chi connectivity index (χ0n) is 8.51. The molecule has 1 heterocycles. The summed E-state index contributed by atoms with van der Waals surface area (Å²) in [5.74, 6) is 0.0314. The average Bonchev–Trinajstić information content (AvgIpc) is 2.77. The van der Waals surface area contributed by atoms with Gasteiger partial charge in [0, 0.05) is 0 Å². The fraction of sp³-hybridized carbons (Fsp3) is 0. The van der Waals surface area contributed by atoms with Gasteiger partial charge in [0.1, 0.15) is 10.6 Å². The van der Waals surface area contributed by atoms with Crippen molar-refractivity contribution in [2.45, 2.75) is 0 Å². The number of nitriles is 1. The minimum Gasteiger partial charge on any atom is -0.422 e. The number of rotatable bonds is 2. The molecule has 17 heavy (non-hydrogen) atoms. The Hall–Kier alpha value is -1.64. The van der Waals surface area contributed by atoms with E-state index < -0.39 is 5.97 Å². The molecular formula is C12H6BrNO2S. The van der Waals surface area contributed by atoms with Crippen molar-refractivity contribution in [3.63, 3.8) is 0 Å². The lowest BCUT2D eigenvalue weighted by molar-refractivity contribution is 0.0740. The maximum absolute atomic E-state index is 11.7. The summed E-state index contributed by atoms with van der Waals surface area (Å²) in [6.45, 7) is 0. The molecule has 2 aromatic rings. The molecule has 0 fully saturated rings. The smallest absolute Gasteiger partial charge is 0.353 e. The largest absolute Gasteiger partial charge is 0.422 e. The highest BCUT2D eigenvalue weighted by Crippen LogP contribution is 2.23. The van der Waals surface area contributed by atoms with Crippen LogP contribution >= 0.6 is 27.3 Å². The molecule has 0 aliphatic heterocycles. The van der Waals surface area contributed by atoms with Gasteiger partial charge >= 0.3 is 5.97 Å². The van der Waals surface area contributed by atoms with Gasteiger partial charge in [-0.2, -0.15) is 5.26 Å². The van der Waals surface area contributed by atoms with E-state index in [1.807, 2.05) is 6.07 Å². The van der Waals surface area contributed by atoms with Crippen LogP contribution in [0.1, 0.15) is 15.2 Å². The van der Waals surface area contributed by atoms with Crippen molar-refractivity contribution in [2.24, 2.45) is 0 Å². The molecule has 1 aromatic heterocycles. The van der Waals surface area contributed by atoms with Crippen LogP contribution in [0.4, 0.5) is 0 Å². The molecule has 0 amide bonds. The number of esters is 1. The quantitative estimate of drug-likeness (QED) is 0.629. The Labute approximate surface area is 110 Å². The zero-order chi connectivity index (χ0) is 12.3. The van der Waals surface area contributed by atoms with Gasteiger partial charge in [0.2, 0.25) is 0 Å². The Bertz CT molecular complexity index is 583. The summed E-state index contributed by atoms with van der Waals surface area (Å²) >= 11 is 4.59. The number of hydrogen-bond acceptors (Lipinski definition) is 4. The number of halogens is 1. The van der Waals surface area contributed by atoms with Crippen molar-refractivity contribution in [3.05, 3.63) is 50.6 Å². The molecular weight excluding hydrogens is 302 g/mol. The fourth-order valence-electron chi connectivity index (χ4n) is 1.18. The zero-order valence-corrected chi connectivity index (χ0v) is 10.9. The second-order valence-corrected chi connectivity index (χ2v) is 5.59. The molecule has 0 atom stereocenters. The summed E-state index contributed by atoms with van der Waals surface area (Å²) < 4.78 is 6.03. The standard InChI is InChI=1S/C12H6BrNO2S/c13-11-6-5-10(17-11)12(15)16-9-3-1-8(7-14)2-4-9/h1-6H. The summed E-state index contributed by atoms with van der Waals surface area (Å²) in [4.78, 5) is 12.2. The van der Waals surface area contributed by atoms with E-state index in [1.54, 1.807) is 36.4 Å². The summed E-state index contributed by atoms with van der Waals surface area (Å²) in [6.07, 6.45) is 0. The van der Waals surface area contributed by atoms with E-state index in [0.29, 0.717) is 16.2 Å². The van der Waals surface area contributed by atoms with E-state index in [4.69, 9.17) is 10.00 Å². The minimum atomic E-state index is -0.398. The van der Waals surface area contributed by atoms with E-state index in [-0.39, 0.29) is 0 Å². The fourth-order valence-corrected chi connectivity index (χ4v) is 2.44. The predicted octanol–water partition coefficient (Wildman–Crippen LogP) is 3.60. The minimum absolute atomic E-state index is 0.398. The number of hydrogen-bond donors (Lipinski definition) is 0. The number of nitrogens with zero attached hydrogens (tertiary/aromatic N) is 1. The molecule has 5 heteroatoms. The normalized spacial score (nSPS) is 9.65. The topological polar surface area (TPSA) is 50.1 Å². The van der Waals surface area contributed by atoms with Gasteiger partial charge in [-0.15, -0.1) is 11.3 Å². The van der Waals surface area contributed by atoms with Crippen LogP contribution in [0.25, 0.3) is 0 Å². The Morgan fingerprint density at radius 1 is 1.24 bits per heavy atom. The van der Waals surface area contributed by atoms with Crippen LogP contribution in [0, 0.1) is 11.3 Å². The molecule has 0 spiro atoms. The molecule has 0 N–H and O–H groups in total. The van der Waals surface area contributed by atoms with Gasteiger partial charge in [0.15, 0.2) is 0 Å². The molecule has 84 valence electrons. The van der Waals surface area contributed by atoms with E-state index >= 15 is 0 Å². The van der Waals surface area contributed by atoms with Gasteiger partial charge in [0.05, 0.1) is 15.4 Å². The molecule has 0 aliphatic rings. The maximum Gasteiger partial charge on any atom is 0.353 e. The van der Waals surface area contributed by atoms with Crippen molar-refractivity contribution in [2.75, 3.05) is 0 Å². The lowest BCUT2D eigenvalue weighted by Gasteiger charge is -2.01. The highest BCUT2D eigenvalue weighted by molar-refractivity contribution is 9.11. The predicted molar refractivity (Wildman–Crippen MR) is 68.1 cm³/mol. The van der Waals surface area contributed by atoms with Gasteiger partial charge in [-0.3, -0.25) is 0 Å². The maximum atomic E-state index is 11.7. The third kappa shape index (κ3) is 2.93. The highest BCUT2D eigenvalue weighted by atomic mass is 79.9. The number of thiophene rings is 1. The van der Waals surface area contributed by atoms with Crippen LogP contribution in [-0.2, 0) is 0 Å². The third-order valence-electron chi connectivity index (χ3n) is 1.97. The first kappa shape index (κ1) is 11.8. The first-order valence-corrected chi connectivity index (χ1v) is 6.27. The summed E-state index contributed by atoms with van der Waals surface area (Å²) in [5.41, 5.74) is 0.531. The molecule has 0 unspecified atom stereocenters. The van der Waals surface area contributed by atoms with Crippen LogP contribution in [0.15, 0.2) is 40.2 Å². The molecule has 3 nitrogen and oxygen atoms in total. The third-order valence-corrected chi connectivity index (χ3v) is 3.57. The molecule has 1 aromatic carbocycles. The molecule has 0 bridgehead atoms. The SMILES string of the molecule is N#Cc1ccc(OC(=O)c2ccc(Br)s2)cc1. The van der Waals surface area contributed by atoms with Crippen LogP contribution in [-0.4, -0.2) is 5.97 Å². The van der Waals surface area contributed by atoms with Crippen molar-refractivity contribution >= 4 is 33.2 Å². The van der Waals surface area contributed by atoms with E-state index in [2.05, 4.69) is 15.9 Å². The highest BCUT2D eigenvalue weighted by Gasteiger charge is 2.10. The van der Waals surface area contributed by atoms with Gasteiger partial charge in [0.25, 0.3) is 0 Å². The second kappa shape index (κ2) is 5.13. The molecule has 0 saturated carbocycles. The number of ether oxygens (including phenoxy) is 1. The number of carbonyl (C=O) groups is 1. The first-order chi connectivity index (χ1) is 8.19. The average molecular weight is 308 g/mol. The van der Waals surface area contributed by atoms with Crippen molar-refractivity contribution < 1.29 is 9.53 Å². The van der Waals surface area contributed by atoms with Gasteiger partial charge in [-0.05, 0) is 52.3 Å². The number of carbonyl (C=O) groups excluding carboxylic acids is 1. The van der Waals surface area contributed by atoms with Crippen molar-refractivity contribution in [1.82, 2.24) is 0 Å². The number of benzene rings is 1. The van der Waals surface area contributed by atoms with E-state index in [1.165, 1.54) is 11.3 Å². The van der Waals surface area contributed by atoms with Gasteiger partial charge in [-0.25, -0.2) is 4.79 Å². The van der Waals surface area contributed by atoms with Crippen molar-refractivity contribution in [3.8, 4) is 11.8 Å². The summed E-state index contributed by atoms with van der Waals surface area (Å²) in [5, 5.41) is 8.63.